The van der Waals surface area contributed by atoms with Crippen LogP contribution in [0.3, 0.4) is 0 Å². The lowest BCUT2D eigenvalue weighted by atomic mass is 9.68. The molecule has 1 aliphatic heterocycles. The molecule has 32 heavy (non-hydrogen) atoms. The van der Waals surface area contributed by atoms with Crippen LogP contribution in [0.1, 0.15) is 45.1 Å². The number of carbonyl (C=O) groups excluding carboxylic acids is 2. The van der Waals surface area contributed by atoms with Gasteiger partial charge in [0.1, 0.15) is 0 Å². The van der Waals surface area contributed by atoms with Crippen molar-refractivity contribution in [1.82, 2.24) is 5.32 Å². The second-order valence-corrected chi connectivity index (χ2v) is 8.66. The Balaban J connectivity index is 2.26. The zero-order valence-electron chi connectivity index (χ0n) is 18.6. The third-order valence-corrected chi connectivity index (χ3v) is 5.57. The summed E-state index contributed by atoms with van der Waals surface area (Å²) in [7, 11) is 0. The van der Waals surface area contributed by atoms with Crippen LogP contribution in [0.25, 0.3) is 0 Å². The van der Waals surface area contributed by atoms with Gasteiger partial charge in [-0.25, -0.2) is 4.79 Å². The number of dihydropyridines is 1. The molecule has 2 aliphatic rings. The van der Waals surface area contributed by atoms with Crippen molar-refractivity contribution in [1.29, 1.82) is 0 Å². The number of nitro groups is 1. The quantitative estimate of drug-likeness (QED) is 0.271. The van der Waals surface area contributed by atoms with Gasteiger partial charge in [-0.2, -0.15) is 0 Å². The summed E-state index contributed by atoms with van der Waals surface area (Å²) in [6, 6.07) is 6.18. The number of carbonyl (C=O) groups is 2. The number of ether oxygens (including phenoxy) is 2. The number of hydrogen-bond donors (Lipinski definition) is 2. The van der Waals surface area contributed by atoms with Gasteiger partial charge in [0.15, 0.2) is 5.78 Å². The predicted molar refractivity (Wildman–Crippen MR) is 118 cm³/mol. The fourth-order valence-corrected chi connectivity index (χ4v) is 4.38. The lowest BCUT2D eigenvalue weighted by Crippen LogP contribution is -2.40. The molecule has 1 aromatic rings. The van der Waals surface area contributed by atoms with E-state index >= 15 is 0 Å². The summed E-state index contributed by atoms with van der Waals surface area (Å²) in [6.45, 7) is 6.39. The third kappa shape index (κ3) is 4.73. The summed E-state index contributed by atoms with van der Waals surface area (Å²) in [5, 5.41) is 15.1. The molecule has 0 aromatic heterocycles. The highest BCUT2D eigenvalue weighted by atomic mass is 16.6. The van der Waals surface area contributed by atoms with E-state index in [0.29, 0.717) is 29.9 Å². The average Bonchev–Trinajstić information content (AvgIpc) is 2.72. The lowest BCUT2D eigenvalue weighted by molar-refractivity contribution is -0.385. The largest absolute Gasteiger partial charge is 0.463 e. The van der Waals surface area contributed by atoms with Gasteiger partial charge < -0.3 is 20.5 Å². The molecule has 1 unspecified atom stereocenters. The molecule has 172 valence electrons. The van der Waals surface area contributed by atoms with Gasteiger partial charge >= 0.3 is 5.97 Å². The fourth-order valence-electron chi connectivity index (χ4n) is 4.38. The number of ketones is 1. The number of allylic oxidation sites excluding steroid dienone is 2. The van der Waals surface area contributed by atoms with Crippen LogP contribution in [0.15, 0.2) is 46.8 Å². The summed E-state index contributed by atoms with van der Waals surface area (Å²) >= 11 is 0. The van der Waals surface area contributed by atoms with E-state index < -0.39 is 16.8 Å². The molecule has 1 aliphatic carbocycles. The molecular weight excluding hydrogens is 414 g/mol. The minimum atomic E-state index is -0.924. The SMILES string of the molecule is CCOC(=O)C1=C(COCCN)NC2=C(C(=O)CC(C)(C)C2)C1c1ccccc1[N+](=O)[O-]. The molecule has 0 fully saturated rings. The molecular formula is C23H29N3O6. The van der Waals surface area contributed by atoms with Crippen LogP contribution < -0.4 is 11.1 Å². The normalized spacial score (nSPS) is 20.0. The van der Waals surface area contributed by atoms with Gasteiger partial charge in [0.25, 0.3) is 5.69 Å². The van der Waals surface area contributed by atoms with E-state index in [2.05, 4.69) is 5.32 Å². The van der Waals surface area contributed by atoms with Crippen molar-refractivity contribution >= 4 is 17.4 Å². The number of nitrogens with one attached hydrogen (secondary N) is 1. The lowest BCUT2D eigenvalue weighted by Gasteiger charge is -2.39. The first-order valence-electron chi connectivity index (χ1n) is 10.6. The van der Waals surface area contributed by atoms with Gasteiger partial charge in [-0.3, -0.25) is 14.9 Å². The Hall–Kier alpha value is -3.04. The number of nitrogens with two attached hydrogens (primary N) is 1. The maximum Gasteiger partial charge on any atom is 0.336 e. The van der Waals surface area contributed by atoms with Crippen LogP contribution in [-0.4, -0.2) is 43.0 Å². The van der Waals surface area contributed by atoms with Crippen LogP contribution in [0.4, 0.5) is 5.69 Å². The Bertz CT molecular complexity index is 995. The molecule has 0 amide bonds. The van der Waals surface area contributed by atoms with Gasteiger partial charge in [0, 0.05) is 35.9 Å². The van der Waals surface area contributed by atoms with Gasteiger partial charge in [-0.15, -0.1) is 0 Å². The van der Waals surface area contributed by atoms with Gasteiger partial charge in [-0.1, -0.05) is 32.0 Å². The third-order valence-electron chi connectivity index (χ3n) is 5.57. The molecule has 1 atom stereocenters. The van der Waals surface area contributed by atoms with E-state index in [0.717, 1.165) is 0 Å². The van der Waals surface area contributed by atoms with E-state index in [1.54, 1.807) is 25.1 Å². The molecule has 3 rings (SSSR count). The fraction of sp³-hybridized carbons (Fsp3) is 0.478. The topological polar surface area (TPSA) is 134 Å². The van der Waals surface area contributed by atoms with Crippen molar-refractivity contribution in [3.8, 4) is 0 Å². The number of rotatable bonds is 8. The first kappa shape index (κ1) is 23.6. The molecule has 3 N–H and O–H groups in total. The summed E-state index contributed by atoms with van der Waals surface area (Å²) in [5.41, 5.74) is 6.99. The molecule has 0 spiro atoms. The molecule has 9 nitrogen and oxygen atoms in total. The van der Waals surface area contributed by atoms with Crippen molar-refractivity contribution in [2.24, 2.45) is 11.1 Å². The highest BCUT2D eigenvalue weighted by Crippen LogP contribution is 2.48. The van der Waals surface area contributed by atoms with Crippen molar-refractivity contribution in [2.45, 2.75) is 39.5 Å². The number of nitro benzene ring substituents is 1. The second kappa shape index (κ2) is 9.62. The van der Waals surface area contributed by atoms with E-state index in [4.69, 9.17) is 15.2 Å². The molecule has 0 bridgehead atoms. The zero-order valence-corrected chi connectivity index (χ0v) is 18.6. The van der Waals surface area contributed by atoms with E-state index in [9.17, 15) is 19.7 Å². The Morgan fingerprint density at radius 2 is 2.03 bits per heavy atom. The predicted octanol–water partition coefficient (Wildman–Crippen LogP) is 2.72. The molecule has 0 saturated heterocycles. The van der Waals surface area contributed by atoms with Gasteiger partial charge in [0.05, 0.1) is 41.9 Å². The number of para-hydroxylation sites is 1. The summed E-state index contributed by atoms with van der Waals surface area (Å²) in [6.07, 6.45) is 0.835. The Kier molecular flexibility index (Phi) is 7.10. The summed E-state index contributed by atoms with van der Waals surface area (Å²) in [5.74, 6) is -1.71. The van der Waals surface area contributed by atoms with E-state index in [1.165, 1.54) is 6.07 Å². The standard InChI is InChI=1S/C23H29N3O6/c1-4-32-22(28)21-16(13-31-10-9-24)25-15-11-23(2,3)12-18(27)20(15)19(21)14-7-5-6-8-17(14)26(29)30/h5-8,19,25H,4,9-13,24H2,1-3H3. The Labute approximate surface area is 186 Å². The Morgan fingerprint density at radius 1 is 1.31 bits per heavy atom. The van der Waals surface area contributed by atoms with Crippen LogP contribution in [-0.2, 0) is 19.1 Å². The van der Waals surface area contributed by atoms with E-state index in [1.807, 2.05) is 13.8 Å². The smallest absolute Gasteiger partial charge is 0.336 e. The maximum atomic E-state index is 13.3. The molecule has 0 radical (unpaired) electrons. The second-order valence-electron chi connectivity index (χ2n) is 8.66. The average molecular weight is 444 g/mol. The summed E-state index contributed by atoms with van der Waals surface area (Å²) < 4.78 is 10.9. The number of esters is 1. The minimum absolute atomic E-state index is 0.0356. The van der Waals surface area contributed by atoms with Crippen molar-refractivity contribution in [2.75, 3.05) is 26.4 Å². The highest BCUT2D eigenvalue weighted by Gasteiger charge is 2.45. The van der Waals surface area contributed by atoms with Crippen LogP contribution >= 0.6 is 0 Å². The van der Waals surface area contributed by atoms with Crippen molar-refractivity contribution < 1.29 is 24.0 Å². The first-order chi connectivity index (χ1) is 15.2. The van der Waals surface area contributed by atoms with Crippen LogP contribution in [0.2, 0.25) is 0 Å². The Morgan fingerprint density at radius 3 is 2.69 bits per heavy atom. The first-order valence-corrected chi connectivity index (χ1v) is 10.6. The van der Waals surface area contributed by atoms with Gasteiger partial charge in [-0.05, 0) is 18.8 Å². The number of nitrogens with zero attached hydrogens (tertiary/aromatic N) is 1. The molecule has 1 aromatic carbocycles. The number of hydrogen-bond acceptors (Lipinski definition) is 8. The monoisotopic (exact) mass is 443 g/mol. The summed E-state index contributed by atoms with van der Waals surface area (Å²) in [4.78, 5) is 37.7. The van der Waals surface area contributed by atoms with Crippen LogP contribution in [0.5, 0.6) is 0 Å². The maximum absolute atomic E-state index is 13.3. The van der Waals surface area contributed by atoms with Crippen molar-refractivity contribution in [3.05, 3.63) is 62.5 Å². The van der Waals surface area contributed by atoms with Crippen LogP contribution in [0, 0.1) is 15.5 Å². The highest BCUT2D eigenvalue weighted by molar-refractivity contribution is 6.04. The van der Waals surface area contributed by atoms with Crippen molar-refractivity contribution in [3.63, 3.8) is 0 Å². The zero-order chi connectivity index (χ0) is 23.5. The number of Topliss-reactive ketones (excluding diaryl/α,β-unsaturated/α-hetero) is 1. The molecule has 1 heterocycles. The van der Waals surface area contributed by atoms with Gasteiger partial charge in [0.2, 0.25) is 0 Å². The molecule has 9 heteroatoms. The number of benzene rings is 1. The molecule has 0 saturated carbocycles. The minimum Gasteiger partial charge on any atom is -0.463 e. The van der Waals surface area contributed by atoms with E-state index in [-0.39, 0.29) is 54.3 Å².